The number of carbonyl (C=O) groups is 2. The van der Waals surface area contributed by atoms with E-state index < -0.39 is 23.7 Å². The number of ether oxygens (including phenoxy) is 2. The predicted octanol–water partition coefficient (Wildman–Crippen LogP) is 4.18. The molecule has 0 fully saturated rings. The van der Waals surface area contributed by atoms with Crippen molar-refractivity contribution in [3.05, 3.63) is 41.0 Å². The first-order chi connectivity index (χ1) is 11.7. The Morgan fingerprint density at radius 3 is 2.40 bits per heavy atom. The molecule has 1 atom stereocenters. The first-order valence-corrected chi connectivity index (χ1v) is 8.67. The summed E-state index contributed by atoms with van der Waals surface area (Å²) in [6.45, 7) is 7.18. The van der Waals surface area contributed by atoms with Gasteiger partial charge in [-0.05, 0) is 33.3 Å². The molecule has 0 saturated heterocycles. The van der Waals surface area contributed by atoms with Gasteiger partial charge in [0.25, 0.3) is 0 Å². The molecule has 134 valence electrons. The standard InChI is InChI=1S/C18H22N2O4S/c1-11(19-17(22)24-18(2,3)4)15-20-13(16(21)23-5)14(25-15)12-9-7-6-8-10-12/h6-11H,1-5H3,(H,19,22). The minimum atomic E-state index is -0.584. The number of hydrogen-bond acceptors (Lipinski definition) is 6. The second kappa shape index (κ2) is 7.65. The van der Waals surface area contributed by atoms with Crippen molar-refractivity contribution in [3.63, 3.8) is 0 Å². The van der Waals surface area contributed by atoms with Crippen LogP contribution >= 0.6 is 11.3 Å². The molecule has 25 heavy (non-hydrogen) atoms. The zero-order chi connectivity index (χ0) is 18.6. The second-order valence-corrected chi connectivity index (χ2v) is 7.49. The van der Waals surface area contributed by atoms with Gasteiger partial charge in [-0.3, -0.25) is 0 Å². The smallest absolute Gasteiger partial charge is 0.408 e. The molecular weight excluding hydrogens is 340 g/mol. The Hall–Kier alpha value is -2.41. The van der Waals surface area contributed by atoms with Crippen LogP contribution < -0.4 is 5.32 Å². The van der Waals surface area contributed by atoms with Crippen LogP contribution in [0.5, 0.6) is 0 Å². The first-order valence-electron chi connectivity index (χ1n) is 7.85. The Balaban J connectivity index is 2.28. The van der Waals surface area contributed by atoms with Gasteiger partial charge in [0.1, 0.15) is 10.6 Å². The summed E-state index contributed by atoms with van der Waals surface area (Å²) in [7, 11) is 1.32. The van der Waals surface area contributed by atoms with Crippen molar-refractivity contribution in [2.24, 2.45) is 0 Å². The number of rotatable bonds is 4. The number of nitrogens with zero attached hydrogens (tertiary/aromatic N) is 1. The molecule has 0 aliphatic rings. The van der Waals surface area contributed by atoms with Crippen LogP contribution in [0.3, 0.4) is 0 Å². The normalized spacial score (nSPS) is 12.4. The van der Waals surface area contributed by atoms with Gasteiger partial charge in [-0.25, -0.2) is 14.6 Å². The number of esters is 1. The largest absolute Gasteiger partial charge is 0.464 e. The number of thiazole rings is 1. The van der Waals surface area contributed by atoms with E-state index in [9.17, 15) is 9.59 Å². The zero-order valence-corrected chi connectivity index (χ0v) is 15.8. The lowest BCUT2D eigenvalue weighted by Crippen LogP contribution is -2.34. The molecule has 7 heteroatoms. The fourth-order valence-electron chi connectivity index (χ4n) is 2.09. The van der Waals surface area contributed by atoms with Crippen molar-refractivity contribution in [3.8, 4) is 10.4 Å². The Morgan fingerprint density at radius 2 is 1.84 bits per heavy atom. The van der Waals surface area contributed by atoms with E-state index in [1.807, 2.05) is 30.3 Å². The van der Waals surface area contributed by atoms with Crippen molar-refractivity contribution in [1.82, 2.24) is 10.3 Å². The minimum absolute atomic E-state index is 0.242. The van der Waals surface area contributed by atoms with Crippen molar-refractivity contribution in [1.29, 1.82) is 0 Å². The van der Waals surface area contributed by atoms with Crippen molar-refractivity contribution in [2.75, 3.05) is 7.11 Å². The van der Waals surface area contributed by atoms with Gasteiger partial charge in [-0.15, -0.1) is 11.3 Å². The van der Waals surface area contributed by atoms with Crippen LogP contribution in [0.1, 0.15) is 49.2 Å². The lowest BCUT2D eigenvalue weighted by atomic mass is 10.1. The van der Waals surface area contributed by atoms with Crippen LogP contribution in [0.4, 0.5) is 4.79 Å². The van der Waals surface area contributed by atoms with E-state index >= 15 is 0 Å². The fraction of sp³-hybridized carbons (Fsp3) is 0.389. The van der Waals surface area contributed by atoms with Gasteiger partial charge in [-0.1, -0.05) is 30.3 Å². The molecule has 0 spiro atoms. The van der Waals surface area contributed by atoms with Gasteiger partial charge >= 0.3 is 12.1 Å². The van der Waals surface area contributed by atoms with E-state index in [1.165, 1.54) is 18.4 Å². The zero-order valence-electron chi connectivity index (χ0n) is 15.0. The Labute approximate surface area is 151 Å². The summed E-state index contributed by atoms with van der Waals surface area (Å²) in [4.78, 5) is 29.1. The Morgan fingerprint density at radius 1 is 1.20 bits per heavy atom. The number of alkyl carbamates (subject to hydrolysis) is 1. The fourth-order valence-corrected chi connectivity index (χ4v) is 3.15. The average Bonchev–Trinajstić information content (AvgIpc) is 2.98. The van der Waals surface area contributed by atoms with E-state index in [1.54, 1.807) is 27.7 Å². The molecule has 1 aromatic carbocycles. The maximum Gasteiger partial charge on any atom is 0.408 e. The molecule has 6 nitrogen and oxygen atoms in total. The van der Waals surface area contributed by atoms with Crippen LogP contribution in [-0.4, -0.2) is 29.8 Å². The quantitative estimate of drug-likeness (QED) is 0.826. The number of carbonyl (C=O) groups excluding carboxylic acids is 2. The number of nitrogens with one attached hydrogen (secondary N) is 1. The average molecular weight is 362 g/mol. The van der Waals surface area contributed by atoms with Gasteiger partial charge in [0, 0.05) is 0 Å². The van der Waals surface area contributed by atoms with Gasteiger partial charge in [0.2, 0.25) is 0 Å². The highest BCUT2D eigenvalue weighted by atomic mass is 32.1. The Bertz CT molecular complexity index is 750. The molecule has 0 aliphatic heterocycles. The van der Waals surface area contributed by atoms with Crippen molar-refractivity contribution in [2.45, 2.75) is 39.3 Å². The summed E-state index contributed by atoms with van der Waals surface area (Å²) < 4.78 is 10.1. The number of aromatic nitrogens is 1. The van der Waals surface area contributed by atoms with E-state index in [-0.39, 0.29) is 5.69 Å². The molecular formula is C18H22N2O4S. The third-order valence-corrected chi connectivity index (χ3v) is 4.45. The first kappa shape index (κ1) is 18.9. The van der Waals surface area contributed by atoms with Crippen LogP contribution in [0.25, 0.3) is 10.4 Å². The summed E-state index contributed by atoms with van der Waals surface area (Å²) in [6, 6.07) is 9.07. The number of amides is 1. The summed E-state index contributed by atoms with van der Waals surface area (Å²) >= 11 is 1.34. The van der Waals surface area contributed by atoms with Crippen LogP contribution in [0.2, 0.25) is 0 Å². The highest BCUT2D eigenvalue weighted by Gasteiger charge is 2.24. The van der Waals surface area contributed by atoms with Crippen LogP contribution in [0, 0.1) is 0 Å². The minimum Gasteiger partial charge on any atom is -0.464 e. The molecule has 0 saturated carbocycles. The maximum atomic E-state index is 12.1. The third-order valence-electron chi connectivity index (χ3n) is 3.16. The molecule has 1 N–H and O–H groups in total. The van der Waals surface area contributed by atoms with E-state index in [0.29, 0.717) is 9.88 Å². The van der Waals surface area contributed by atoms with E-state index in [2.05, 4.69) is 10.3 Å². The predicted molar refractivity (Wildman–Crippen MR) is 96.7 cm³/mol. The van der Waals surface area contributed by atoms with E-state index in [4.69, 9.17) is 9.47 Å². The molecule has 0 radical (unpaired) electrons. The lowest BCUT2D eigenvalue weighted by Gasteiger charge is -2.21. The van der Waals surface area contributed by atoms with E-state index in [0.717, 1.165) is 5.56 Å². The van der Waals surface area contributed by atoms with Gasteiger partial charge in [0.05, 0.1) is 18.0 Å². The lowest BCUT2D eigenvalue weighted by molar-refractivity contribution is 0.0507. The topological polar surface area (TPSA) is 77.5 Å². The van der Waals surface area contributed by atoms with Crippen molar-refractivity contribution >= 4 is 23.4 Å². The number of hydrogen-bond donors (Lipinski definition) is 1. The van der Waals surface area contributed by atoms with Gasteiger partial charge < -0.3 is 14.8 Å². The highest BCUT2D eigenvalue weighted by Crippen LogP contribution is 2.33. The number of benzene rings is 1. The Kier molecular flexibility index (Phi) is 5.79. The summed E-state index contributed by atoms with van der Waals surface area (Å²) in [6.07, 6.45) is -0.531. The summed E-state index contributed by atoms with van der Waals surface area (Å²) in [5.74, 6) is -0.508. The molecule has 1 unspecified atom stereocenters. The van der Waals surface area contributed by atoms with Crippen molar-refractivity contribution < 1.29 is 19.1 Å². The SMILES string of the molecule is COC(=O)c1nc(C(C)NC(=O)OC(C)(C)C)sc1-c1ccccc1. The summed E-state index contributed by atoms with van der Waals surface area (Å²) in [5.41, 5.74) is 0.529. The van der Waals surface area contributed by atoms with Crippen LogP contribution in [-0.2, 0) is 9.47 Å². The van der Waals surface area contributed by atoms with Gasteiger partial charge in [0.15, 0.2) is 5.69 Å². The molecule has 1 aromatic heterocycles. The maximum absolute atomic E-state index is 12.1. The van der Waals surface area contributed by atoms with Gasteiger partial charge in [-0.2, -0.15) is 0 Å². The summed E-state index contributed by atoms with van der Waals surface area (Å²) in [5, 5.41) is 3.34. The third kappa shape index (κ3) is 5.03. The monoisotopic (exact) mass is 362 g/mol. The molecule has 1 amide bonds. The van der Waals surface area contributed by atoms with Crippen LogP contribution in [0.15, 0.2) is 30.3 Å². The molecule has 0 bridgehead atoms. The molecule has 2 aromatic rings. The highest BCUT2D eigenvalue weighted by molar-refractivity contribution is 7.15. The molecule has 0 aliphatic carbocycles. The second-order valence-electron chi connectivity index (χ2n) is 6.46. The molecule has 2 rings (SSSR count). The molecule has 1 heterocycles. The number of methoxy groups -OCH3 is 1.